The van der Waals surface area contributed by atoms with E-state index in [4.69, 9.17) is 4.74 Å². The Bertz CT molecular complexity index is 741. The highest BCUT2D eigenvalue weighted by atomic mass is 16.5. The van der Waals surface area contributed by atoms with Crippen LogP contribution in [0.15, 0.2) is 0 Å². The molecule has 7 nitrogen and oxygen atoms in total. The second kappa shape index (κ2) is 7.74. The van der Waals surface area contributed by atoms with E-state index in [2.05, 4.69) is 10.3 Å². The van der Waals surface area contributed by atoms with E-state index in [1.165, 1.54) is 7.11 Å². The van der Waals surface area contributed by atoms with Gasteiger partial charge in [-0.15, -0.1) is 0 Å². The molecule has 0 bridgehead atoms. The maximum absolute atomic E-state index is 13.2. The first kappa shape index (κ1) is 21.0. The molecule has 0 aromatic carbocycles. The number of Topliss-reactive ketones (excluding diaryl/α,β-unsaturated/α-hetero) is 1. The summed E-state index contributed by atoms with van der Waals surface area (Å²) in [6.45, 7) is 11.5. The zero-order chi connectivity index (χ0) is 20.5. The summed E-state index contributed by atoms with van der Waals surface area (Å²) < 4.78 is 4.77. The molecule has 1 aromatic heterocycles. The Balaban J connectivity index is 2.30. The molecule has 27 heavy (non-hydrogen) atoms. The summed E-state index contributed by atoms with van der Waals surface area (Å²) in [7, 11) is 1.30. The number of nitrogens with one attached hydrogen (secondary N) is 2. The molecule has 1 aromatic rings. The van der Waals surface area contributed by atoms with Gasteiger partial charge < -0.3 is 19.9 Å². The zero-order valence-corrected chi connectivity index (χ0v) is 17.4. The van der Waals surface area contributed by atoms with Gasteiger partial charge in [-0.1, -0.05) is 0 Å². The number of hydrogen-bond donors (Lipinski definition) is 2. The number of amides is 2. The second-order valence-corrected chi connectivity index (χ2v) is 8.43. The Morgan fingerprint density at radius 1 is 1.26 bits per heavy atom. The van der Waals surface area contributed by atoms with Gasteiger partial charge in [0.2, 0.25) is 0 Å². The van der Waals surface area contributed by atoms with Gasteiger partial charge in [0.05, 0.1) is 13.2 Å². The van der Waals surface area contributed by atoms with Crippen molar-refractivity contribution in [3.8, 4) is 0 Å². The van der Waals surface area contributed by atoms with Crippen molar-refractivity contribution >= 4 is 17.8 Å². The van der Waals surface area contributed by atoms with E-state index in [1.807, 2.05) is 20.8 Å². The molecule has 1 aliphatic carbocycles. The van der Waals surface area contributed by atoms with Gasteiger partial charge in [-0.2, -0.15) is 0 Å². The molecule has 1 fully saturated rings. The molecule has 2 rings (SSSR count). The minimum Gasteiger partial charge on any atom is -0.464 e. The van der Waals surface area contributed by atoms with Crippen LogP contribution in [0.3, 0.4) is 0 Å². The molecule has 1 unspecified atom stereocenters. The number of rotatable bonds is 6. The number of ketones is 1. The standard InChI is InChI=1S/C20H31N3O4/c1-11-15(12(2)21-16(11)18(25)27-7)17(24)13(3)23(10-14-8-9-14)19(26)22-20(4,5)6/h13-14,21H,8-10H2,1-7H3,(H,22,26). The van der Waals surface area contributed by atoms with E-state index in [-0.39, 0.29) is 23.0 Å². The maximum Gasteiger partial charge on any atom is 0.354 e. The summed E-state index contributed by atoms with van der Waals surface area (Å²) in [5.41, 5.74) is 1.50. The summed E-state index contributed by atoms with van der Waals surface area (Å²) in [6, 6.07) is -0.874. The number of aromatic amines is 1. The van der Waals surface area contributed by atoms with Crippen molar-refractivity contribution in [1.29, 1.82) is 0 Å². The number of aromatic nitrogens is 1. The molecule has 2 N–H and O–H groups in total. The van der Waals surface area contributed by atoms with Gasteiger partial charge in [-0.25, -0.2) is 9.59 Å². The summed E-state index contributed by atoms with van der Waals surface area (Å²) in [6.07, 6.45) is 2.16. The lowest BCUT2D eigenvalue weighted by Gasteiger charge is -2.32. The lowest BCUT2D eigenvalue weighted by molar-refractivity contribution is 0.0593. The fourth-order valence-electron chi connectivity index (χ4n) is 3.16. The van der Waals surface area contributed by atoms with Crippen LogP contribution in [-0.4, -0.2) is 52.9 Å². The summed E-state index contributed by atoms with van der Waals surface area (Å²) in [5, 5.41) is 2.95. The van der Waals surface area contributed by atoms with Crippen LogP contribution < -0.4 is 5.32 Å². The highest BCUT2D eigenvalue weighted by Gasteiger charge is 2.35. The predicted octanol–water partition coefficient (Wildman–Crippen LogP) is 3.21. The molecular formula is C20H31N3O4. The lowest BCUT2D eigenvalue weighted by Crippen LogP contribution is -2.53. The second-order valence-electron chi connectivity index (χ2n) is 8.43. The molecule has 150 valence electrons. The molecule has 7 heteroatoms. The predicted molar refractivity (Wildman–Crippen MR) is 103 cm³/mol. The SMILES string of the molecule is COC(=O)c1[nH]c(C)c(C(=O)C(C)N(CC2CC2)C(=O)NC(C)(C)C)c1C. The average molecular weight is 377 g/mol. The van der Waals surface area contributed by atoms with Crippen LogP contribution in [-0.2, 0) is 4.74 Å². The Morgan fingerprint density at radius 2 is 1.85 bits per heavy atom. The van der Waals surface area contributed by atoms with E-state index >= 15 is 0 Å². The molecule has 0 spiro atoms. The van der Waals surface area contributed by atoms with Crippen LogP contribution in [0.1, 0.15) is 72.6 Å². The minimum atomic E-state index is -0.633. The van der Waals surface area contributed by atoms with Crippen LogP contribution in [0.25, 0.3) is 0 Å². The molecule has 1 aliphatic rings. The topological polar surface area (TPSA) is 91.5 Å². The van der Waals surface area contributed by atoms with Gasteiger partial charge >= 0.3 is 12.0 Å². The van der Waals surface area contributed by atoms with E-state index in [0.717, 1.165) is 12.8 Å². The van der Waals surface area contributed by atoms with Gasteiger partial charge in [0.25, 0.3) is 0 Å². The first-order valence-electron chi connectivity index (χ1n) is 9.36. The number of hydrogen-bond acceptors (Lipinski definition) is 4. The highest BCUT2D eigenvalue weighted by molar-refractivity contribution is 6.06. The van der Waals surface area contributed by atoms with Gasteiger partial charge in [0.15, 0.2) is 5.78 Å². The number of H-pyrrole nitrogens is 1. The Hall–Kier alpha value is -2.31. The molecule has 0 saturated heterocycles. The Kier molecular flexibility index (Phi) is 6.02. The van der Waals surface area contributed by atoms with Crippen molar-refractivity contribution in [2.45, 2.75) is 66.0 Å². The van der Waals surface area contributed by atoms with Crippen molar-refractivity contribution in [2.75, 3.05) is 13.7 Å². The van der Waals surface area contributed by atoms with Crippen molar-refractivity contribution in [1.82, 2.24) is 15.2 Å². The molecule has 0 radical (unpaired) electrons. The summed E-state index contributed by atoms with van der Waals surface area (Å²) in [5.74, 6) is -0.242. The molecule has 1 atom stereocenters. The monoisotopic (exact) mass is 377 g/mol. The third kappa shape index (κ3) is 4.90. The van der Waals surface area contributed by atoms with Crippen LogP contribution in [0.4, 0.5) is 4.79 Å². The van der Waals surface area contributed by atoms with Crippen LogP contribution in [0.2, 0.25) is 0 Å². The van der Waals surface area contributed by atoms with Crippen molar-refractivity contribution in [3.63, 3.8) is 0 Å². The Labute approximate surface area is 160 Å². The van der Waals surface area contributed by atoms with Gasteiger partial charge in [0, 0.05) is 23.3 Å². The van der Waals surface area contributed by atoms with Crippen molar-refractivity contribution in [3.05, 3.63) is 22.5 Å². The number of carbonyl (C=O) groups excluding carboxylic acids is 3. The number of aryl methyl sites for hydroxylation is 1. The van der Waals surface area contributed by atoms with Gasteiger partial charge in [-0.3, -0.25) is 4.79 Å². The number of urea groups is 1. The average Bonchev–Trinajstić information content (AvgIpc) is 3.33. The largest absolute Gasteiger partial charge is 0.464 e. The summed E-state index contributed by atoms with van der Waals surface area (Å²) >= 11 is 0. The molecule has 1 saturated carbocycles. The van der Waals surface area contributed by atoms with E-state index in [1.54, 1.807) is 25.7 Å². The summed E-state index contributed by atoms with van der Waals surface area (Å²) in [4.78, 5) is 42.5. The molecule has 1 heterocycles. The van der Waals surface area contributed by atoms with Crippen LogP contribution >= 0.6 is 0 Å². The van der Waals surface area contributed by atoms with Crippen molar-refractivity contribution < 1.29 is 19.1 Å². The van der Waals surface area contributed by atoms with E-state index in [0.29, 0.717) is 29.3 Å². The Morgan fingerprint density at radius 3 is 2.33 bits per heavy atom. The number of carbonyl (C=O) groups is 3. The first-order valence-corrected chi connectivity index (χ1v) is 9.36. The molecule has 0 aliphatic heterocycles. The number of esters is 1. The first-order chi connectivity index (χ1) is 12.5. The number of methoxy groups -OCH3 is 1. The lowest BCUT2D eigenvalue weighted by atomic mass is 9.99. The van der Waals surface area contributed by atoms with Gasteiger partial charge in [0.1, 0.15) is 5.69 Å². The quantitative estimate of drug-likeness (QED) is 0.588. The van der Waals surface area contributed by atoms with Crippen LogP contribution in [0, 0.1) is 19.8 Å². The van der Waals surface area contributed by atoms with Crippen molar-refractivity contribution in [2.24, 2.45) is 5.92 Å². The molecular weight excluding hydrogens is 346 g/mol. The van der Waals surface area contributed by atoms with Gasteiger partial charge in [-0.05, 0) is 65.9 Å². The number of ether oxygens (including phenoxy) is 1. The fourth-order valence-corrected chi connectivity index (χ4v) is 3.16. The third-order valence-corrected chi connectivity index (χ3v) is 4.81. The van der Waals surface area contributed by atoms with Crippen LogP contribution in [0.5, 0.6) is 0 Å². The van der Waals surface area contributed by atoms with E-state index < -0.39 is 12.0 Å². The fraction of sp³-hybridized carbons (Fsp3) is 0.650. The normalized spacial score (nSPS) is 15.2. The maximum atomic E-state index is 13.2. The zero-order valence-electron chi connectivity index (χ0n) is 17.4. The smallest absolute Gasteiger partial charge is 0.354 e. The van der Waals surface area contributed by atoms with E-state index in [9.17, 15) is 14.4 Å². The third-order valence-electron chi connectivity index (χ3n) is 4.81. The minimum absolute atomic E-state index is 0.180. The highest BCUT2D eigenvalue weighted by Crippen LogP contribution is 2.31. The molecule has 2 amide bonds. The number of nitrogens with zero attached hydrogens (tertiary/aromatic N) is 1.